The molecule has 0 atom stereocenters. The average molecular weight is 237 g/mol. The van der Waals surface area contributed by atoms with E-state index in [2.05, 4.69) is 35.4 Å². The number of rotatable bonds is 4. The SMILES string of the molecule is CCc1cccc(NCc2cccnc2C#N)c1. The van der Waals surface area contributed by atoms with E-state index in [9.17, 15) is 0 Å². The van der Waals surface area contributed by atoms with Crippen LogP contribution in [0, 0.1) is 11.3 Å². The van der Waals surface area contributed by atoms with Crippen molar-refractivity contribution in [2.24, 2.45) is 0 Å². The van der Waals surface area contributed by atoms with Gasteiger partial charge in [-0.05, 0) is 30.2 Å². The number of aromatic nitrogens is 1. The average Bonchev–Trinajstić information content (AvgIpc) is 2.45. The van der Waals surface area contributed by atoms with E-state index in [1.165, 1.54) is 5.56 Å². The van der Waals surface area contributed by atoms with E-state index in [1.54, 1.807) is 6.20 Å². The van der Waals surface area contributed by atoms with Gasteiger partial charge in [-0.3, -0.25) is 0 Å². The second-order valence-electron chi connectivity index (χ2n) is 4.03. The van der Waals surface area contributed by atoms with Gasteiger partial charge < -0.3 is 5.32 Å². The minimum absolute atomic E-state index is 0.483. The Bertz CT molecular complexity index is 570. The number of pyridine rings is 1. The van der Waals surface area contributed by atoms with Crippen LogP contribution in [0.25, 0.3) is 0 Å². The van der Waals surface area contributed by atoms with Crippen LogP contribution in [0.5, 0.6) is 0 Å². The number of aryl methyl sites for hydroxylation is 1. The largest absolute Gasteiger partial charge is 0.381 e. The molecular formula is C15H15N3. The Hall–Kier alpha value is -2.34. The summed E-state index contributed by atoms with van der Waals surface area (Å²) in [5, 5.41) is 12.3. The summed E-state index contributed by atoms with van der Waals surface area (Å²) in [6, 6.07) is 14.2. The number of hydrogen-bond donors (Lipinski definition) is 1. The molecule has 0 bridgehead atoms. The standard InChI is InChI=1S/C15H15N3/c1-2-12-5-3-7-14(9-12)18-11-13-6-4-8-17-15(13)10-16/h3-9,18H,2,11H2,1H3. The minimum atomic E-state index is 0.483. The number of benzene rings is 1. The van der Waals surface area contributed by atoms with E-state index < -0.39 is 0 Å². The lowest BCUT2D eigenvalue weighted by atomic mass is 10.1. The first-order valence-corrected chi connectivity index (χ1v) is 6.00. The van der Waals surface area contributed by atoms with Gasteiger partial charge in [0.25, 0.3) is 0 Å². The first-order valence-electron chi connectivity index (χ1n) is 6.00. The molecule has 0 aliphatic heterocycles. The number of nitrogens with zero attached hydrogens (tertiary/aromatic N) is 2. The summed E-state index contributed by atoms with van der Waals surface area (Å²) in [7, 11) is 0. The van der Waals surface area contributed by atoms with Crippen molar-refractivity contribution >= 4 is 5.69 Å². The smallest absolute Gasteiger partial charge is 0.145 e. The lowest BCUT2D eigenvalue weighted by molar-refractivity contribution is 1.08. The Labute approximate surface area is 107 Å². The van der Waals surface area contributed by atoms with E-state index >= 15 is 0 Å². The molecular weight excluding hydrogens is 222 g/mol. The zero-order valence-electron chi connectivity index (χ0n) is 10.4. The molecule has 0 spiro atoms. The summed E-state index contributed by atoms with van der Waals surface area (Å²) in [5.74, 6) is 0. The molecule has 3 nitrogen and oxygen atoms in total. The Kier molecular flexibility index (Phi) is 3.93. The summed E-state index contributed by atoms with van der Waals surface area (Å²) in [4.78, 5) is 4.04. The van der Waals surface area contributed by atoms with Crippen LogP contribution in [0.2, 0.25) is 0 Å². The van der Waals surface area contributed by atoms with E-state index in [0.29, 0.717) is 12.2 Å². The van der Waals surface area contributed by atoms with Crippen LogP contribution in [0.1, 0.15) is 23.7 Å². The lowest BCUT2D eigenvalue weighted by Crippen LogP contribution is -2.03. The predicted octanol–water partition coefficient (Wildman–Crippen LogP) is 3.13. The summed E-state index contributed by atoms with van der Waals surface area (Å²) < 4.78 is 0. The molecule has 18 heavy (non-hydrogen) atoms. The molecule has 2 rings (SSSR count). The van der Waals surface area contributed by atoms with Gasteiger partial charge in [0.05, 0.1) is 0 Å². The molecule has 0 saturated carbocycles. The van der Waals surface area contributed by atoms with Gasteiger partial charge in [0.2, 0.25) is 0 Å². The van der Waals surface area contributed by atoms with Gasteiger partial charge in [0, 0.05) is 24.0 Å². The highest BCUT2D eigenvalue weighted by atomic mass is 14.9. The molecule has 1 aromatic carbocycles. The first kappa shape index (κ1) is 12.1. The molecule has 90 valence electrons. The van der Waals surface area contributed by atoms with E-state index in [-0.39, 0.29) is 0 Å². The van der Waals surface area contributed by atoms with Crippen molar-refractivity contribution in [2.45, 2.75) is 19.9 Å². The van der Waals surface area contributed by atoms with Crippen molar-refractivity contribution in [3.63, 3.8) is 0 Å². The highest BCUT2D eigenvalue weighted by Gasteiger charge is 2.02. The third kappa shape index (κ3) is 2.86. The van der Waals surface area contributed by atoms with Gasteiger partial charge in [-0.1, -0.05) is 25.1 Å². The summed E-state index contributed by atoms with van der Waals surface area (Å²) in [5.41, 5.74) is 3.77. The monoisotopic (exact) mass is 237 g/mol. The molecule has 0 aliphatic rings. The lowest BCUT2D eigenvalue weighted by Gasteiger charge is -2.08. The molecule has 0 radical (unpaired) electrons. The molecule has 1 heterocycles. The van der Waals surface area contributed by atoms with Crippen LogP contribution in [0.4, 0.5) is 5.69 Å². The van der Waals surface area contributed by atoms with Crippen molar-refractivity contribution < 1.29 is 0 Å². The Morgan fingerprint density at radius 1 is 1.28 bits per heavy atom. The van der Waals surface area contributed by atoms with Crippen LogP contribution >= 0.6 is 0 Å². The van der Waals surface area contributed by atoms with Crippen molar-refractivity contribution in [3.8, 4) is 6.07 Å². The maximum Gasteiger partial charge on any atom is 0.145 e. The fraction of sp³-hybridized carbons (Fsp3) is 0.200. The maximum atomic E-state index is 8.96. The topological polar surface area (TPSA) is 48.7 Å². The van der Waals surface area contributed by atoms with Gasteiger partial charge in [0.1, 0.15) is 11.8 Å². The van der Waals surface area contributed by atoms with Crippen molar-refractivity contribution in [3.05, 3.63) is 59.4 Å². The number of anilines is 1. The summed E-state index contributed by atoms with van der Waals surface area (Å²) in [6.07, 6.45) is 2.66. The number of nitriles is 1. The Balaban J connectivity index is 2.09. The van der Waals surface area contributed by atoms with Crippen LogP contribution in [0.3, 0.4) is 0 Å². The number of nitrogens with one attached hydrogen (secondary N) is 1. The highest BCUT2D eigenvalue weighted by Crippen LogP contribution is 2.13. The van der Waals surface area contributed by atoms with E-state index in [0.717, 1.165) is 17.7 Å². The van der Waals surface area contributed by atoms with Crippen LogP contribution in [-0.2, 0) is 13.0 Å². The Morgan fingerprint density at radius 2 is 2.17 bits per heavy atom. The summed E-state index contributed by atoms with van der Waals surface area (Å²) in [6.45, 7) is 2.75. The normalized spacial score (nSPS) is 9.78. The molecule has 0 fully saturated rings. The van der Waals surface area contributed by atoms with Gasteiger partial charge in [0.15, 0.2) is 0 Å². The van der Waals surface area contributed by atoms with Crippen molar-refractivity contribution in [1.82, 2.24) is 4.98 Å². The zero-order chi connectivity index (χ0) is 12.8. The maximum absolute atomic E-state index is 8.96. The molecule has 0 amide bonds. The minimum Gasteiger partial charge on any atom is -0.381 e. The molecule has 3 heteroatoms. The number of hydrogen-bond acceptors (Lipinski definition) is 3. The summed E-state index contributed by atoms with van der Waals surface area (Å²) >= 11 is 0. The van der Waals surface area contributed by atoms with Gasteiger partial charge >= 0.3 is 0 Å². The van der Waals surface area contributed by atoms with Crippen LogP contribution < -0.4 is 5.32 Å². The van der Waals surface area contributed by atoms with Crippen LogP contribution in [-0.4, -0.2) is 4.98 Å². The van der Waals surface area contributed by atoms with Crippen molar-refractivity contribution in [2.75, 3.05) is 5.32 Å². The quantitative estimate of drug-likeness (QED) is 0.888. The van der Waals surface area contributed by atoms with Gasteiger partial charge in [-0.15, -0.1) is 0 Å². The third-order valence-electron chi connectivity index (χ3n) is 2.82. The fourth-order valence-electron chi connectivity index (χ4n) is 1.78. The second kappa shape index (κ2) is 5.83. The predicted molar refractivity (Wildman–Crippen MR) is 72.1 cm³/mol. The third-order valence-corrected chi connectivity index (χ3v) is 2.82. The first-order chi connectivity index (χ1) is 8.83. The van der Waals surface area contributed by atoms with Gasteiger partial charge in [-0.2, -0.15) is 5.26 Å². The molecule has 0 unspecified atom stereocenters. The highest BCUT2D eigenvalue weighted by molar-refractivity contribution is 5.47. The van der Waals surface area contributed by atoms with Crippen molar-refractivity contribution in [1.29, 1.82) is 5.26 Å². The molecule has 0 saturated heterocycles. The fourth-order valence-corrected chi connectivity index (χ4v) is 1.78. The zero-order valence-corrected chi connectivity index (χ0v) is 10.4. The molecule has 1 N–H and O–H groups in total. The van der Waals surface area contributed by atoms with Gasteiger partial charge in [-0.25, -0.2) is 4.98 Å². The molecule has 1 aromatic heterocycles. The van der Waals surface area contributed by atoms with E-state index in [4.69, 9.17) is 5.26 Å². The second-order valence-corrected chi connectivity index (χ2v) is 4.03. The molecule has 0 aliphatic carbocycles. The van der Waals surface area contributed by atoms with E-state index in [1.807, 2.05) is 24.3 Å². The Morgan fingerprint density at radius 3 is 2.94 bits per heavy atom. The molecule has 2 aromatic rings. The van der Waals surface area contributed by atoms with Crippen LogP contribution in [0.15, 0.2) is 42.6 Å².